The van der Waals surface area contributed by atoms with Gasteiger partial charge in [-0.15, -0.1) is 11.8 Å². The molecule has 0 spiro atoms. The molecule has 0 heterocycles. The molecule has 0 aliphatic rings. The molecule has 4 heteroatoms. The van der Waals surface area contributed by atoms with E-state index in [1.54, 1.807) is 30.5 Å². The molecular weight excluding hydrogens is 228 g/mol. The minimum absolute atomic E-state index is 0.115. The number of benzene rings is 1. The zero-order valence-electron chi connectivity index (χ0n) is 9.73. The lowest BCUT2D eigenvalue weighted by Crippen LogP contribution is -2.04. The molecule has 1 rings (SSSR count). The molecule has 0 aliphatic carbocycles. The summed E-state index contributed by atoms with van der Waals surface area (Å²) in [4.78, 5) is 0.309. The fraction of sp³-hybridized carbons (Fsp3) is 0.273. The van der Waals surface area contributed by atoms with Crippen LogP contribution in [-0.2, 0) is 9.84 Å². The fourth-order valence-electron chi connectivity index (χ4n) is 1.07. The Kier molecular flexibility index (Phi) is 3.86. The normalized spacial score (nSPS) is 13.7. The van der Waals surface area contributed by atoms with Crippen LogP contribution in [0.4, 0.5) is 0 Å². The fourth-order valence-corrected chi connectivity index (χ4v) is 2.47. The monoisotopic (exact) mass is 243 g/mol. The van der Waals surface area contributed by atoms with Crippen LogP contribution in [0.3, 0.4) is 0 Å². The van der Waals surface area contributed by atoms with E-state index in [1.807, 2.05) is 6.92 Å². The van der Waals surface area contributed by atoms with E-state index in [9.17, 15) is 8.42 Å². The van der Waals surface area contributed by atoms with E-state index in [1.165, 1.54) is 17.8 Å². The summed E-state index contributed by atoms with van der Waals surface area (Å²) in [6.45, 7) is 1.91. The van der Waals surface area contributed by atoms with Crippen molar-refractivity contribution in [2.24, 2.45) is 0 Å². The lowest BCUT2D eigenvalue weighted by Gasteiger charge is -2.01. The van der Waals surface area contributed by atoms with Crippen LogP contribution in [0, 0.1) is 6.92 Å². The Labute approximate surface area is 96.7 Å². The third kappa shape index (κ3) is 3.72. The van der Waals surface area contributed by atoms with E-state index >= 15 is 0 Å². The Balaban J connectivity index is 2.91. The molecule has 0 amide bonds. The van der Waals surface area contributed by atoms with E-state index in [2.05, 4.69) is 0 Å². The minimum Gasteiger partial charge on any atom is -0.223 e. The molecule has 0 bridgehead atoms. The van der Waals surface area contributed by atoms with Crippen LogP contribution in [0.1, 0.15) is 6.93 Å². The lowest BCUT2D eigenvalue weighted by molar-refractivity contribution is 0.599. The van der Waals surface area contributed by atoms with Gasteiger partial charge in [-0.3, -0.25) is 0 Å². The Morgan fingerprint density at radius 1 is 1.40 bits per heavy atom. The third-order valence-electron chi connectivity index (χ3n) is 1.88. The maximum atomic E-state index is 11.8. The van der Waals surface area contributed by atoms with Gasteiger partial charge in [-0.25, -0.2) is 8.42 Å². The standard InChI is InChI=1S/C11H14O2S2/c1-10-4-6-11(7-5-10)15(12,13)9-3-8-14-2/h3-8H,9H2,1-2H3/b8-3-/i8D. The summed E-state index contributed by atoms with van der Waals surface area (Å²) in [5.41, 5.74) is 1.03. The first-order valence-electron chi connectivity index (χ1n) is 4.96. The van der Waals surface area contributed by atoms with Crippen molar-refractivity contribution < 1.29 is 9.79 Å². The van der Waals surface area contributed by atoms with E-state index in [0.29, 0.717) is 4.90 Å². The highest BCUT2D eigenvalue weighted by molar-refractivity contribution is 8.01. The number of aryl methyl sites for hydroxylation is 1. The van der Waals surface area contributed by atoms with Crippen LogP contribution in [0.2, 0.25) is 0 Å². The highest BCUT2D eigenvalue weighted by Crippen LogP contribution is 2.12. The zero-order chi connectivity index (χ0) is 12.2. The van der Waals surface area contributed by atoms with Crippen molar-refractivity contribution in [3.05, 3.63) is 41.3 Å². The third-order valence-corrected chi connectivity index (χ3v) is 3.88. The van der Waals surface area contributed by atoms with Crippen LogP contribution in [0.5, 0.6) is 0 Å². The molecule has 0 fully saturated rings. The number of rotatable bonds is 4. The highest BCUT2D eigenvalue weighted by atomic mass is 32.2. The van der Waals surface area contributed by atoms with Crippen LogP contribution in [-0.4, -0.2) is 20.4 Å². The maximum absolute atomic E-state index is 11.8. The van der Waals surface area contributed by atoms with Gasteiger partial charge in [-0.1, -0.05) is 23.8 Å². The Bertz CT molecular complexity index is 475. The molecule has 0 aromatic heterocycles. The molecule has 2 nitrogen and oxygen atoms in total. The highest BCUT2D eigenvalue weighted by Gasteiger charge is 2.11. The second-order valence-electron chi connectivity index (χ2n) is 3.12. The largest absolute Gasteiger partial charge is 0.223 e. The van der Waals surface area contributed by atoms with Gasteiger partial charge in [0, 0.05) is 0 Å². The summed E-state index contributed by atoms with van der Waals surface area (Å²) in [5, 5.41) is 0.274. The van der Waals surface area contributed by atoms with E-state index < -0.39 is 9.84 Å². The van der Waals surface area contributed by atoms with Gasteiger partial charge in [0.15, 0.2) is 9.84 Å². The number of thioether (sulfide) groups is 1. The van der Waals surface area contributed by atoms with Crippen molar-refractivity contribution in [2.45, 2.75) is 11.8 Å². The van der Waals surface area contributed by atoms with Crippen LogP contribution >= 0.6 is 11.8 Å². The van der Waals surface area contributed by atoms with Crippen molar-refractivity contribution in [3.63, 3.8) is 0 Å². The summed E-state index contributed by atoms with van der Waals surface area (Å²) in [6, 6.07) is 6.74. The molecule has 0 N–H and O–H groups in total. The Hall–Kier alpha value is -0.740. The van der Waals surface area contributed by atoms with Gasteiger partial charge >= 0.3 is 0 Å². The number of hydrogen-bond acceptors (Lipinski definition) is 3. The molecule has 1 aromatic carbocycles. The summed E-state index contributed by atoms with van der Waals surface area (Å²) in [6.07, 6.45) is 3.16. The molecule has 0 saturated heterocycles. The summed E-state index contributed by atoms with van der Waals surface area (Å²) in [7, 11) is -3.29. The van der Waals surface area contributed by atoms with Gasteiger partial charge in [0.1, 0.15) is 0 Å². The van der Waals surface area contributed by atoms with Crippen LogP contribution in [0.15, 0.2) is 40.6 Å². The number of sulfone groups is 1. The molecule has 0 radical (unpaired) electrons. The predicted octanol–water partition coefficient (Wildman–Crippen LogP) is 2.65. The van der Waals surface area contributed by atoms with Crippen molar-refractivity contribution in [1.29, 1.82) is 0 Å². The Morgan fingerprint density at radius 3 is 2.53 bits per heavy atom. The summed E-state index contributed by atoms with van der Waals surface area (Å²) in [5.74, 6) is -0.115. The quantitative estimate of drug-likeness (QED) is 0.815. The van der Waals surface area contributed by atoms with Crippen LogP contribution < -0.4 is 0 Å². The average molecular weight is 243 g/mol. The molecule has 0 saturated carbocycles. The number of hydrogen-bond donors (Lipinski definition) is 0. The first kappa shape index (κ1) is 10.8. The molecule has 0 aliphatic heterocycles. The molecular formula is C11H14O2S2. The Morgan fingerprint density at radius 2 is 2.00 bits per heavy atom. The first-order chi connectivity index (χ1) is 7.45. The average Bonchev–Trinajstić information content (AvgIpc) is 2.26. The second kappa shape index (κ2) is 5.37. The van der Waals surface area contributed by atoms with Crippen LogP contribution in [0.25, 0.3) is 0 Å². The molecule has 82 valence electrons. The molecule has 1 aromatic rings. The van der Waals surface area contributed by atoms with Gasteiger partial charge in [-0.2, -0.15) is 0 Å². The van der Waals surface area contributed by atoms with Gasteiger partial charge in [0.2, 0.25) is 0 Å². The van der Waals surface area contributed by atoms with Crippen molar-refractivity contribution in [1.82, 2.24) is 0 Å². The van der Waals surface area contributed by atoms with E-state index in [-0.39, 0.29) is 11.1 Å². The van der Waals surface area contributed by atoms with E-state index in [0.717, 1.165) is 5.56 Å². The summed E-state index contributed by atoms with van der Waals surface area (Å²) >= 11 is 1.23. The molecule has 15 heavy (non-hydrogen) atoms. The van der Waals surface area contributed by atoms with Crippen molar-refractivity contribution in [2.75, 3.05) is 12.0 Å². The maximum Gasteiger partial charge on any atom is 0.181 e. The smallest absolute Gasteiger partial charge is 0.181 e. The SMILES string of the molecule is [2H]/C(=C/CS(=O)(=O)c1ccc(C)cc1)SC. The molecule has 0 unspecified atom stereocenters. The second-order valence-corrected chi connectivity index (χ2v) is 5.80. The predicted molar refractivity (Wildman–Crippen MR) is 65.9 cm³/mol. The van der Waals surface area contributed by atoms with E-state index in [4.69, 9.17) is 1.37 Å². The van der Waals surface area contributed by atoms with Crippen molar-refractivity contribution in [3.8, 4) is 0 Å². The van der Waals surface area contributed by atoms with Crippen molar-refractivity contribution >= 4 is 21.6 Å². The van der Waals surface area contributed by atoms with Gasteiger partial charge < -0.3 is 0 Å². The topological polar surface area (TPSA) is 34.1 Å². The lowest BCUT2D eigenvalue weighted by atomic mass is 10.2. The summed E-state index contributed by atoms with van der Waals surface area (Å²) < 4.78 is 31.0. The first-order valence-corrected chi connectivity index (χ1v) is 7.33. The molecule has 0 atom stereocenters. The zero-order valence-corrected chi connectivity index (χ0v) is 10.4. The van der Waals surface area contributed by atoms with Gasteiger partial charge in [-0.05, 0) is 30.7 Å². The minimum atomic E-state index is -3.29. The van der Waals surface area contributed by atoms with Gasteiger partial charge in [0.25, 0.3) is 0 Å². The van der Waals surface area contributed by atoms with Gasteiger partial charge in [0.05, 0.1) is 12.0 Å².